The lowest BCUT2D eigenvalue weighted by atomic mass is 10.1. The lowest BCUT2D eigenvalue weighted by Gasteiger charge is -2.17. The molecule has 1 heterocycles. The van der Waals surface area contributed by atoms with Gasteiger partial charge < -0.3 is 10.6 Å². The molecule has 1 aliphatic rings. The summed E-state index contributed by atoms with van der Waals surface area (Å²) in [5.41, 5.74) is 0. The van der Waals surface area contributed by atoms with Gasteiger partial charge in [0.15, 0.2) is 0 Å². The molecule has 1 aliphatic heterocycles. The highest BCUT2D eigenvalue weighted by atomic mass is 15.0. The molecular formula is C12H24N2. The molecule has 2 unspecified atom stereocenters. The molecule has 0 aromatic rings. The molecule has 0 bridgehead atoms. The molecule has 82 valence electrons. The van der Waals surface area contributed by atoms with Crippen LogP contribution in [0.25, 0.3) is 0 Å². The third-order valence-corrected chi connectivity index (χ3v) is 2.84. The Bertz CT molecular complexity index is 160. The SMILES string of the molecule is C/C=C/CCNC(C)CC1CCCN1. The van der Waals surface area contributed by atoms with Crippen LogP contribution < -0.4 is 10.6 Å². The van der Waals surface area contributed by atoms with Gasteiger partial charge >= 0.3 is 0 Å². The number of allylic oxidation sites excluding steroid dienone is 1. The van der Waals surface area contributed by atoms with Crippen LogP contribution >= 0.6 is 0 Å². The van der Waals surface area contributed by atoms with Crippen LogP contribution in [0.4, 0.5) is 0 Å². The van der Waals surface area contributed by atoms with Gasteiger partial charge in [-0.2, -0.15) is 0 Å². The summed E-state index contributed by atoms with van der Waals surface area (Å²) in [5.74, 6) is 0. The van der Waals surface area contributed by atoms with Crippen molar-refractivity contribution in [3.05, 3.63) is 12.2 Å². The van der Waals surface area contributed by atoms with E-state index in [0.717, 1.165) is 19.0 Å². The molecule has 1 saturated heterocycles. The number of hydrogen-bond donors (Lipinski definition) is 2. The normalized spacial score (nSPS) is 24.6. The molecule has 2 N–H and O–H groups in total. The number of rotatable bonds is 6. The third-order valence-electron chi connectivity index (χ3n) is 2.84. The van der Waals surface area contributed by atoms with Crippen LogP contribution in [0.5, 0.6) is 0 Å². The van der Waals surface area contributed by atoms with Gasteiger partial charge in [-0.05, 0) is 52.6 Å². The van der Waals surface area contributed by atoms with Crippen molar-refractivity contribution in [3.8, 4) is 0 Å². The van der Waals surface area contributed by atoms with Crippen LogP contribution in [-0.4, -0.2) is 25.2 Å². The maximum absolute atomic E-state index is 3.55. The summed E-state index contributed by atoms with van der Waals surface area (Å²) in [6, 6.07) is 1.41. The minimum absolute atomic E-state index is 0.649. The minimum Gasteiger partial charge on any atom is -0.314 e. The zero-order valence-electron chi connectivity index (χ0n) is 9.55. The average molecular weight is 196 g/mol. The maximum atomic E-state index is 3.55. The van der Waals surface area contributed by atoms with Crippen LogP contribution in [0.3, 0.4) is 0 Å². The Morgan fingerprint density at radius 1 is 1.57 bits per heavy atom. The first-order valence-electron chi connectivity index (χ1n) is 5.91. The summed E-state index contributed by atoms with van der Waals surface area (Å²) in [5, 5.41) is 7.09. The highest BCUT2D eigenvalue weighted by Gasteiger charge is 2.16. The topological polar surface area (TPSA) is 24.1 Å². The van der Waals surface area contributed by atoms with E-state index in [1.54, 1.807) is 0 Å². The summed E-state index contributed by atoms with van der Waals surface area (Å²) in [6.07, 6.45) is 9.48. The van der Waals surface area contributed by atoms with Crippen molar-refractivity contribution in [1.82, 2.24) is 10.6 Å². The first kappa shape index (κ1) is 11.7. The van der Waals surface area contributed by atoms with E-state index in [1.807, 2.05) is 0 Å². The van der Waals surface area contributed by atoms with Crippen molar-refractivity contribution in [2.24, 2.45) is 0 Å². The van der Waals surface area contributed by atoms with E-state index < -0.39 is 0 Å². The summed E-state index contributed by atoms with van der Waals surface area (Å²) in [6.45, 7) is 6.69. The zero-order chi connectivity index (χ0) is 10.2. The zero-order valence-corrected chi connectivity index (χ0v) is 9.55. The Kier molecular flexibility index (Phi) is 5.88. The molecule has 1 fully saturated rings. The second kappa shape index (κ2) is 7.02. The number of hydrogen-bond acceptors (Lipinski definition) is 2. The Hall–Kier alpha value is -0.340. The minimum atomic E-state index is 0.649. The van der Waals surface area contributed by atoms with Crippen molar-refractivity contribution in [2.75, 3.05) is 13.1 Å². The van der Waals surface area contributed by atoms with E-state index in [2.05, 4.69) is 36.6 Å². The van der Waals surface area contributed by atoms with Gasteiger partial charge in [-0.1, -0.05) is 12.2 Å². The third kappa shape index (κ3) is 4.77. The second-order valence-electron chi connectivity index (χ2n) is 4.24. The van der Waals surface area contributed by atoms with E-state index in [-0.39, 0.29) is 0 Å². The van der Waals surface area contributed by atoms with Gasteiger partial charge in [-0.3, -0.25) is 0 Å². The Balaban J connectivity index is 2.00. The first-order valence-corrected chi connectivity index (χ1v) is 5.91. The van der Waals surface area contributed by atoms with E-state index >= 15 is 0 Å². The largest absolute Gasteiger partial charge is 0.314 e. The molecule has 0 spiro atoms. The molecule has 0 aliphatic carbocycles. The van der Waals surface area contributed by atoms with Gasteiger partial charge in [0.2, 0.25) is 0 Å². The molecule has 2 atom stereocenters. The van der Waals surface area contributed by atoms with Crippen LogP contribution in [0.15, 0.2) is 12.2 Å². The van der Waals surface area contributed by atoms with E-state index in [1.165, 1.54) is 25.8 Å². The average Bonchev–Trinajstić information content (AvgIpc) is 2.65. The first-order chi connectivity index (χ1) is 6.83. The molecule has 0 radical (unpaired) electrons. The van der Waals surface area contributed by atoms with Gasteiger partial charge in [0.05, 0.1) is 0 Å². The van der Waals surface area contributed by atoms with Crippen molar-refractivity contribution in [1.29, 1.82) is 0 Å². The molecular weight excluding hydrogens is 172 g/mol. The Morgan fingerprint density at radius 3 is 3.07 bits per heavy atom. The van der Waals surface area contributed by atoms with Gasteiger partial charge in [-0.15, -0.1) is 0 Å². The van der Waals surface area contributed by atoms with Crippen LogP contribution in [0.1, 0.15) is 39.5 Å². The van der Waals surface area contributed by atoms with Crippen molar-refractivity contribution >= 4 is 0 Å². The predicted molar refractivity (Wildman–Crippen MR) is 62.5 cm³/mol. The fraction of sp³-hybridized carbons (Fsp3) is 0.833. The fourth-order valence-corrected chi connectivity index (χ4v) is 2.05. The summed E-state index contributed by atoms with van der Waals surface area (Å²) >= 11 is 0. The quantitative estimate of drug-likeness (QED) is 0.502. The molecule has 0 amide bonds. The van der Waals surface area contributed by atoms with E-state index in [0.29, 0.717) is 6.04 Å². The van der Waals surface area contributed by atoms with Gasteiger partial charge in [0.25, 0.3) is 0 Å². The van der Waals surface area contributed by atoms with Crippen molar-refractivity contribution < 1.29 is 0 Å². The molecule has 14 heavy (non-hydrogen) atoms. The monoisotopic (exact) mass is 196 g/mol. The Labute approximate surface area is 88.2 Å². The summed E-state index contributed by atoms with van der Waals surface area (Å²) < 4.78 is 0. The second-order valence-corrected chi connectivity index (χ2v) is 4.24. The van der Waals surface area contributed by atoms with E-state index in [4.69, 9.17) is 0 Å². The summed E-state index contributed by atoms with van der Waals surface area (Å²) in [7, 11) is 0. The lowest BCUT2D eigenvalue weighted by molar-refractivity contribution is 0.444. The molecule has 2 nitrogen and oxygen atoms in total. The van der Waals surface area contributed by atoms with Gasteiger partial charge in [-0.25, -0.2) is 0 Å². The van der Waals surface area contributed by atoms with Crippen molar-refractivity contribution in [3.63, 3.8) is 0 Å². The van der Waals surface area contributed by atoms with Crippen molar-refractivity contribution in [2.45, 2.75) is 51.6 Å². The predicted octanol–water partition coefficient (Wildman–Crippen LogP) is 2.07. The molecule has 1 rings (SSSR count). The lowest BCUT2D eigenvalue weighted by Crippen LogP contribution is -2.34. The van der Waals surface area contributed by atoms with E-state index in [9.17, 15) is 0 Å². The summed E-state index contributed by atoms with van der Waals surface area (Å²) in [4.78, 5) is 0. The van der Waals surface area contributed by atoms with Crippen LogP contribution in [0, 0.1) is 0 Å². The molecule has 0 aromatic heterocycles. The van der Waals surface area contributed by atoms with Gasteiger partial charge in [0.1, 0.15) is 0 Å². The highest BCUT2D eigenvalue weighted by Crippen LogP contribution is 2.10. The standard InChI is InChI=1S/C12H24N2/c1-3-4-5-8-13-11(2)10-12-7-6-9-14-12/h3-4,11-14H,5-10H2,1-2H3/b4-3+. The highest BCUT2D eigenvalue weighted by molar-refractivity contribution is 4.81. The molecule has 0 saturated carbocycles. The van der Waals surface area contributed by atoms with Crippen LogP contribution in [-0.2, 0) is 0 Å². The fourth-order valence-electron chi connectivity index (χ4n) is 2.05. The Morgan fingerprint density at radius 2 is 2.43 bits per heavy atom. The molecule has 2 heteroatoms. The van der Waals surface area contributed by atoms with Gasteiger partial charge in [0, 0.05) is 12.1 Å². The molecule has 0 aromatic carbocycles. The maximum Gasteiger partial charge on any atom is 0.00822 e. The number of nitrogens with one attached hydrogen (secondary N) is 2. The van der Waals surface area contributed by atoms with Crippen LogP contribution in [0.2, 0.25) is 0 Å². The smallest absolute Gasteiger partial charge is 0.00822 e.